The summed E-state index contributed by atoms with van der Waals surface area (Å²) in [6.07, 6.45) is 1.61. The predicted molar refractivity (Wildman–Crippen MR) is 47.6 cm³/mol. The van der Waals surface area contributed by atoms with Gasteiger partial charge in [0.05, 0.1) is 0 Å². The van der Waals surface area contributed by atoms with Gasteiger partial charge in [0.1, 0.15) is 0 Å². The van der Waals surface area contributed by atoms with E-state index in [-0.39, 0.29) is 23.5 Å². The highest BCUT2D eigenvalue weighted by Crippen LogP contribution is 2.44. The summed E-state index contributed by atoms with van der Waals surface area (Å²) in [7, 11) is 0. The summed E-state index contributed by atoms with van der Waals surface area (Å²) in [4.78, 5) is 0. The second kappa shape index (κ2) is 3.51. The van der Waals surface area contributed by atoms with Crippen LogP contribution < -0.4 is 0 Å². The van der Waals surface area contributed by atoms with Crippen LogP contribution in [0.2, 0.25) is 0 Å². The summed E-state index contributed by atoms with van der Waals surface area (Å²) in [5.74, 6) is -5.98. The van der Waals surface area contributed by atoms with Gasteiger partial charge in [-0.1, -0.05) is 6.92 Å². The molecule has 0 saturated heterocycles. The van der Waals surface area contributed by atoms with Crippen molar-refractivity contribution in [1.82, 2.24) is 0 Å². The lowest BCUT2D eigenvalue weighted by molar-refractivity contribution is 0.398. The Labute approximate surface area is 84.9 Å². The maximum absolute atomic E-state index is 13.4. The van der Waals surface area contributed by atoms with Crippen molar-refractivity contribution in [3.8, 4) is 0 Å². The minimum absolute atomic E-state index is 0.0195. The highest BCUT2D eigenvalue weighted by atomic mass is 19.2. The molecule has 1 aliphatic carbocycles. The molecule has 1 saturated carbocycles. The molecule has 1 aliphatic rings. The van der Waals surface area contributed by atoms with Gasteiger partial charge in [0.25, 0.3) is 0 Å². The topological polar surface area (TPSA) is 0 Å². The number of benzene rings is 1. The third-order valence-electron chi connectivity index (χ3n) is 2.74. The summed E-state index contributed by atoms with van der Waals surface area (Å²) in [6.45, 7) is 1.60. The molecule has 0 radical (unpaired) electrons. The highest BCUT2D eigenvalue weighted by molar-refractivity contribution is 5.37. The van der Waals surface area contributed by atoms with E-state index in [1.165, 1.54) is 0 Å². The van der Waals surface area contributed by atoms with Crippen molar-refractivity contribution in [2.24, 2.45) is 0 Å². The van der Waals surface area contributed by atoms with E-state index in [1.807, 2.05) is 0 Å². The lowest BCUT2D eigenvalue weighted by Crippen LogP contribution is -2.07. The van der Waals surface area contributed by atoms with Gasteiger partial charge in [0.15, 0.2) is 23.3 Å². The van der Waals surface area contributed by atoms with Crippen molar-refractivity contribution in [3.63, 3.8) is 0 Å². The van der Waals surface area contributed by atoms with Crippen molar-refractivity contribution >= 4 is 0 Å². The quantitative estimate of drug-likeness (QED) is 0.403. The van der Waals surface area contributed by atoms with Crippen LogP contribution in [0.25, 0.3) is 0 Å². The van der Waals surface area contributed by atoms with E-state index in [1.54, 1.807) is 6.92 Å². The van der Waals surface area contributed by atoms with Crippen molar-refractivity contribution in [1.29, 1.82) is 0 Å². The van der Waals surface area contributed by atoms with Gasteiger partial charge in [0.2, 0.25) is 0 Å². The molecule has 1 aromatic rings. The summed E-state index contributed by atoms with van der Waals surface area (Å²) in [5.41, 5.74) is 0.0165. The zero-order valence-electron chi connectivity index (χ0n) is 8.21. The molecule has 0 nitrogen and oxygen atoms in total. The Morgan fingerprint density at radius 1 is 0.933 bits per heavy atom. The molecular weight excluding hydrogens is 208 g/mol. The first-order chi connectivity index (χ1) is 7.07. The number of hydrogen-bond acceptors (Lipinski definition) is 0. The van der Waals surface area contributed by atoms with E-state index in [4.69, 9.17) is 0 Å². The Morgan fingerprint density at radius 3 is 1.93 bits per heavy atom. The van der Waals surface area contributed by atoms with E-state index in [0.717, 1.165) is 0 Å². The molecule has 0 atom stereocenters. The molecule has 0 aromatic heterocycles. The number of halogens is 4. The maximum atomic E-state index is 13.4. The van der Waals surface area contributed by atoms with Crippen LogP contribution in [-0.2, 0) is 6.42 Å². The summed E-state index contributed by atoms with van der Waals surface area (Å²) in [6, 6.07) is 0. The van der Waals surface area contributed by atoms with Crippen LogP contribution in [0.15, 0.2) is 0 Å². The largest absolute Gasteiger partial charge is 0.203 e. The zero-order valence-corrected chi connectivity index (χ0v) is 8.21. The zero-order chi connectivity index (χ0) is 11.2. The molecule has 1 aromatic carbocycles. The Morgan fingerprint density at radius 2 is 1.47 bits per heavy atom. The van der Waals surface area contributed by atoms with E-state index < -0.39 is 23.3 Å². The van der Waals surface area contributed by atoms with Crippen LogP contribution in [0.5, 0.6) is 0 Å². The standard InChI is InChI=1S/C11H10F4/c1-2-6-7(5-3-4-5)9(13)11(15)10(14)8(6)12/h5H,2-4H2,1H3. The maximum Gasteiger partial charge on any atom is 0.197 e. The summed E-state index contributed by atoms with van der Waals surface area (Å²) < 4.78 is 52.6. The molecule has 4 heteroatoms. The van der Waals surface area contributed by atoms with Crippen LogP contribution in [-0.4, -0.2) is 0 Å². The van der Waals surface area contributed by atoms with Gasteiger partial charge in [-0.3, -0.25) is 0 Å². The molecular formula is C11H10F4. The molecule has 15 heavy (non-hydrogen) atoms. The smallest absolute Gasteiger partial charge is 0.197 e. The van der Waals surface area contributed by atoms with Gasteiger partial charge < -0.3 is 0 Å². The van der Waals surface area contributed by atoms with Gasteiger partial charge in [0, 0.05) is 5.56 Å². The fraction of sp³-hybridized carbons (Fsp3) is 0.455. The monoisotopic (exact) mass is 218 g/mol. The Kier molecular flexibility index (Phi) is 2.44. The number of rotatable bonds is 2. The fourth-order valence-corrected chi connectivity index (χ4v) is 1.84. The Balaban J connectivity index is 2.70. The third kappa shape index (κ3) is 1.52. The highest BCUT2D eigenvalue weighted by Gasteiger charge is 2.34. The van der Waals surface area contributed by atoms with Crippen molar-refractivity contribution in [2.75, 3.05) is 0 Å². The molecule has 0 unspecified atom stereocenters. The minimum Gasteiger partial charge on any atom is -0.203 e. The number of hydrogen-bond donors (Lipinski definition) is 0. The molecule has 0 amide bonds. The van der Waals surface area contributed by atoms with Crippen LogP contribution >= 0.6 is 0 Å². The van der Waals surface area contributed by atoms with Crippen LogP contribution in [0, 0.1) is 23.3 Å². The second-order valence-corrected chi connectivity index (χ2v) is 3.78. The van der Waals surface area contributed by atoms with Crippen LogP contribution in [0.1, 0.15) is 36.8 Å². The first-order valence-electron chi connectivity index (χ1n) is 4.92. The fourth-order valence-electron chi connectivity index (χ4n) is 1.84. The Hall–Kier alpha value is -1.06. The molecule has 1 fully saturated rings. The van der Waals surface area contributed by atoms with E-state index in [2.05, 4.69) is 0 Å². The van der Waals surface area contributed by atoms with E-state index in [9.17, 15) is 17.6 Å². The molecule has 0 aliphatic heterocycles. The second-order valence-electron chi connectivity index (χ2n) is 3.78. The van der Waals surface area contributed by atoms with Crippen molar-refractivity contribution in [2.45, 2.75) is 32.1 Å². The van der Waals surface area contributed by atoms with Gasteiger partial charge >= 0.3 is 0 Å². The minimum atomic E-state index is -1.70. The van der Waals surface area contributed by atoms with Gasteiger partial charge in [-0.2, -0.15) is 0 Å². The Bertz CT molecular complexity index is 408. The van der Waals surface area contributed by atoms with Gasteiger partial charge in [-0.05, 0) is 30.7 Å². The molecule has 2 rings (SSSR count). The molecule has 0 heterocycles. The lowest BCUT2D eigenvalue weighted by Gasteiger charge is -2.11. The normalized spacial score (nSPS) is 15.8. The summed E-state index contributed by atoms with van der Waals surface area (Å²) >= 11 is 0. The van der Waals surface area contributed by atoms with Crippen molar-refractivity contribution in [3.05, 3.63) is 34.4 Å². The van der Waals surface area contributed by atoms with Gasteiger partial charge in [-0.15, -0.1) is 0 Å². The summed E-state index contributed by atoms with van der Waals surface area (Å²) in [5, 5.41) is 0. The first kappa shape index (κ1) is 10.5. The lowest BCUT2D eigenvalue weighted by atomic mass is 9.99. The molecule has 0 spiro atoms. The molecule has 82 valence electrons. The first-order valence-corrected chi connectivity index (χ1v) is 4.92. The van der Waals surface area contributed by atoms with Crippen molar-refractivity contribution < 1.29 is 17.6 Å². The molecule has 0 N–H and O–H groups in total. The molecule has 0 bridgehead atoms. The van der Waals surface area contributed by atoms with E-state index in [0.29, 0.717) is 12.8 Å². The average molecular weight is 218 g/mol. The van der Waals surface area contributed by atoms with Gasteiger partial charge in [-0.25, -0.2) is 17.6 Å². The van der Waals surface area contributed by atoms with Crippen LogP contribution in [0.4, 0.5) is 17.6 Å². The average Bonchev–Trinajstić information content (AvgIpc) is 3.03. The SMILES string of the molecule is CCc1c(F)c(F)c(F)c(F)c1C1CC1. The third-order valence-corrected chi connectivity index (χ3v) is 2.74. The predicted octanol–water partition coefficient (Wildman–Crippen LogP) is 3.68. The van der Waals surface area contributed by atoms with Crippen LogP contribution in [0.3, 0.4) is 0 Å². The van der Waals surface area contributed by atoms with E-state index >= 15 is 0 Å².